The highest BCUT2D eigenvalue weighted by molar-refractivity contribution is 7.89. The molecule has 21 heavy (non-hydrogen) atoms. The number of thiazole rings is 1. The summed E-state index contributed by atoms with van der Waals surface area (Å²) in [6.07, 6.45) is 0.713. The standard InChI is InChI=1S/C14H17N3O2S2/c1-10-9-20-14(16-10)11-3-2-4-13(7-11)21(18,19)17-6-5-12(15)8-17/h2-4,7,9,12H,5-6,8,15H2,1H3/t12-/m1/s1. The molecule has 2 heterocycles. The van der Waals surface area contributed by atoms with Crippen LogP contribution in [0.4, 0.5) is 0 Å². The first kappa shape index (κ1) is 14.6. The van der Waals surface area contributed by atoms with Crippen molar-refractivity contribution in [3.8, 4) is 10.6 Å². The fourth-order valence-corrected chi connectivity index (χ4v) is 4.75. The number of nitrogens with zero attached hydrogens (tertiary/aromatic N) is 2. The summed E-state index contributed by atoms with van der Waals surface area (Å²) in [4.78, 5) is 4.71. The van der Waals surface area contributed by atoms with Crippen molar-refractivity contribution in [1.29, 1.82) is 0 Å². The van der Waals surface area contributed by atoms with E-state index >= 15 is 0 Å². The molecule has 0 bridgehead atoms. The van der Waals surface area contributed by atoms with Gasteiger partial charge in [-0.25, -0.2) is 13.4 Å². The van der Waals surface area contributed by atoms with Gasteiger partial charge < -0.3 is 5.73 Å². The van der Waals surface area contributed by atoms with Gasteiger partial charge in [-0.3, -0.25) is 0 Å². The fourth-order valence-electron chi connectivity index (χ4n) is 2.40. The van der Waals surface area contributed by atoms with Crippen LogP contribution < -0.4 is 5.73 Å². The molecule has 0 spiro atoms. The van der Waals surface area contributed by atoms with E-state index in [0.29, 0.717) is 24.4 Å². The number of sulfonamides is 1. The lowest BCUT2D eigenvalue weighted by Crippen LogP contribution is -2.31. The van der Waals surface area contributed by atoms with Gasteiger partial charge in [0.2, 0.25) is 10.0 Å². The fraction of sp³-hybridized carbons (Fsp3) is 0.357. The summed E-state index contributed by atoms with van der Waals surface area (Å²) in [5.74, 6) is 0. The molecule has 0 radical (unpaired) electrons. The van der Waals surface area contributed by atoms with Crippen molar-refractivity contribution in [3.63, 3.8) is 0 Å². The first-order valence-electron chi connectivity index (χ1n) is 6.75. The van der Waals surface area contributed by atoms with Crippen LogP contribution in [0.2, 0.25) is 0 Å². The zero-order chi connectivity index (χ0) is 15.0. The van der Waals surface area contributed by atoms with E-state index in [9.17, 15) is 8.42 Å². The molecule has 0 saturated carbocycles. The summed E-state index contributed by atoms with van der Waals surface area (Å²) in [5.41, 5.74) is 7.58. The van der Waals surface area contributed by atoms with Crippen LogP contribution in [0.5, 0.6) is 0 Å². The lowest BCUT2D eigenvalue weighted by Gasteiger charge is -2.16. The van der Waals surface area contributed by atoms with Crippen LogP contribution in [0.3, 0.4) is 0 Å². The van der Waals surface area contributed by atoms with Crippen LogP contribution in [0.25, 0.3) is 10.6 Å². The van der Waals surface area contributed by atoms with Gasteiger partial charge in [0.1, 0.15) is 5.01 Å². The third-order valence-electron chi connectivity index (χ3n) is 3.53. The summed E-state index contributed by atoms with van der Waals surface area (Å²) < 4.78 is 26.7. The lowest BCUT2D eigenvalue weighted by molar-refractivity contribution is 0.472. The van der Waals surface area contributed by atoms with Crippen molar-refractivity contribution >= 4 is 21.4 Å². The van der Waals surface area contributed by atoms with Crippen LogP contribution in [0, 0.1) is 6.92 Å². The Labute approximate surface area is 128 Å². The molecule has 1 aromatic heterocycles. The average molecular weight is 323 g/mol. The van der Waals surface area contributed by atoms with Gasteiger partial charge in [-0.2, -0.15) is 4.31 Å². The number of benzene rings is 1. The Morgan fingerprint density at radius 2 is 2.24 bits per heavy atom. The molecule has 1 fully saturated rings. The maximum absolute atomic E-state index is 12.6. The Balaban J connectivity index is 1.96. The Hall–Kier alpha value is -1.28. The molecule has 0 amide bonds. The van der Waals surface area contributed by atoms with Gasteiger partial charge in [0.15, 0.2) is 0 Å². The van der Waals surface area contributed by atoms with Gasteiger partial charge in [0, 0.05) is 35.8 Å². The molecule has 1 aromatic carbocycles. The zero-order valence-corrected chi connectivity index (χ0v) is 13.3. The third kappa shape index (κ3) is 2.87. The number of aromatic nitrogens is 1. The van der Waals surface area contributed by atoms with E-state index in [1.807, 2.05) is 18.4 Å². The minimum absolute atomic E-state index is 0.0652. The van der Waals surface area contributed by atoms with Crippen LogP contribution >= 0.6 is 11.3 Å². The maximum atomic E-state index is 12.6. The second kappa shape index (κ2) is 5.49. The van der Waals surface area contributed by atoms with E-state index in [4.69, 9.17) is 5.73 Å². The number of aryl methyl sites for hydroxylation is 1. The molecule has 112 valence electrons. The number of hydrogen-bond acceptors (Lipinski definition) is 5. The first-order valence-corrected chi connectivity index (χ1v) is 9.07. The predicted molar refractivity (Wildman–Crippen MR) is 83.6 cm³/mol. The van der Waals surface area contributed by atoms with E-state index in [1.54, 1.807) is 18.2 Å². The van der Waals surface area contributed by atoms with Gasteiger partial charge in [0.05, 0.1) is 4.90 Å². The van der Waals surface area contributed by atoms with Crippen LogP contribution in [0.15, 0.2) is 34.5 Å². The Kier molecular flexibility index (Phi) is 3.83. The smallest absolute Gasteiger partial charge is 0.243 e. The van der Waals surface area contributed by atoms with Gasteiger partial charge in [-0.05, 0) is 25.5 Å². The highest BCUT2D eigenvalue weighted by atomic mass is 32.2. The average Bonchev–Trinajstić information content (AvgIpc) is 3.08. The molecule has 2 aromatic rings. The van der Waals surface area contributed by atoms with Crippen molar-refractivity contribution in [2.75, 3.05) is 13.1 Å². The van der Waals surface area contributed by atoms with E-state index in [1.165, 1.54) is 15.6 Å². The summed E-state index contributed by atoms with van der Waals surface area (Å²) in [5, 5.41) is 2.79. The maximum Gasteiger partial charge on any atom is 0.243 e. The van der Waals surface area contributed by atoms with Gasteiger partial charge >= 0.3 is 0 Å². The number of rotatable bonds is 3. The van der Waals surface area contributed by atoms with E-state index < -0.39 is 10.0 Å². The number of hydrogen-bond donors (Lipinski definition) is 1. The van der Waals surface area contributed by atoms with Gasteiger partial charge in [-0.1, -0.05) is 12.1 Å². The summed E-state index contributed by atoms with van der Waals surface area (Å²) >= 11 is 1.52. The Morgan fingerprint density at radius 3 is 2.86 bits per heavy atom. The second-order valence-electron chi connectivity index (χ2n) is 5.23. The van der Waals surface area contributed by atoms with Crippen LogP contribution in [-0.4, -0.2) is 36.8 Å². The molecule has 7 heteroatoms. The molecule has 2 N–H and O–H groups in total. The highest BCUT2D eigenvalue weighted by Gasteiger charge is 2.31. The van der Waals surface area contributed by atoms with Crippen molar-refractivity contribution < 1.29 is 8.42 Å². The van der Waals surface area contributed by atoms with Crippen molar-refractivity contribution in [1.82, 2.24) is 9.29 Å². The molecule has 0 aliphatic carbocycles. The van der Waals surface area contributed by atoms with Crippen LogP contribution in [-0.2, 0) is 10.0 Å². The number of nitrogens with two attached hydrogens (primary N) is 1. The summed E-state index contributed by atoms with van der Waals surface area (Å²) in [6, 6.07) is 6.90. The first-order chi connectivity index (χ1) is 9.96. The minimum Gasteiger partial charge on any atom is -0.326 e. The van der Waals surface area contributed by atoms with E-state index in [0.717, 1.165) is 16.3 Å². The molecule has 0 unspecified atom stereocenters. The van der Waals surface area contributed by atoms with Gasteiger partial charge in [-0.15, -0.1) is 11.3 Å². The largest absolute Gasteiger partial charge is 0.326 e. The second-order valence-corrected chi connectivity index (χ2v) is 8.03. The normalized spacial score (nSPS) is 20.0. The van der Waals surface area contributed by atoms with Crippen molar-refractivity contribution in [3.05, 3.63) is 35.3 Å². The van der Waals surface area contributed by atoms with E-state index in [-0.39, 0.29) is 6.04 Å². The molecule has 1 saturated heterocycles. The molecule has 1 aliphatic rings. The summed E-state index contributed by atoms with van der Waals surface area (Å²) in [7, 11) is -3.47. The summed E-state index contributed by atoms with van der Waals surface area (Å²) in [6.45, 7) is 2.80. The molecule has 1 atom stereocenters. The Morgan fingerprint density at radius 1 is 1.43 bits per heavy atom. The van der Waals surface area contributed by atoms with Crippen LogP contribution in [0.1, 0.15) is 12.1 Å². The topological polar surface area (TPSA) is 76.3 Å². The quantitative estimate of drug-likeness (QED) is 0.935. The lowest BCUT2D eigenvalue weighted by atomic mass is 10.2. The molecular formula is C14H17N3O2S2. The SMILES string of the molecule is Cc1csc(-c2cccc(S(=O)(=O)N3CC[C@@H](N)C3)c2)n1. The monoisotopic (exact) mass is 323 g/mol. The van der Waals surface area contributed by atoms with Gasteiger partial charge in [0.25, 0.3) is 0 Å². The highest BCUT2D eigenvalue weighted by Crippen LogP contribution is 2.27. The van der Waals surface area contributed by atoms with E-state index in [2.05, 4.69) is 4.98 Å². The Bertz CT molecular complexity index is 755. The molecule has 1 aliphatic heterocycles. The zero-order valence-electron chi connectivity index (χ0n) is 11.7. The molecule has 3 rings (SSSR count). The third-order valence-corrected chi connectivity index (χ3v) is 6.40. The molecule has 5 nitrogen and oxygen atoms in total. The van der Waals surface area contributed by atoms with Crippen molar-refractivity contribution in [2.45, 2.75) is 24.3 Å². The predicted octanol–water partition coefficient (Wildman–Crippen LogP) is 1.84. The molecular weight excluding hydrogens is 306 g/mol. The minimum atomic E-state index is -3.47. The van der Waals surface area contributed by atoms with Crippen molar-refractivity contribution in [2.24, 2.45) is 5.73 Å².